The molecule has 1 saturated heterocycles. The lowest BCUT2D eigenvalue weighted by molar-refractivity contribution is -0.154. The standard InChI is InChI=1S/C33H29N7O5S3/c1-2-44-38-24(28-37-33(34)48-39-28)29(41)36-25-30(42)40-26(22(19-47-31(25)40)15-17-46-23-14-9-16-35-18-23)32(43)45-27(20-10-5-3-6-11-20)21-12-7-4-8-13-21/h3-18,25,27,31H,2,19H2,1H3,(H,36,41)(H2,34,37,39)/b17-15+,38-24-/t25?,31-/m1/s1. The third-order valence-electron chi connectivity index (χ3n) is 7.17. The van der Waals surface area contributed by atoms with Crippen LogP contribution >= 0.6 is 35.1 Å². The number of β-lactam (4-membered cyclic amide) rings is 1. The van der Waals surface area contributed by atoms with Crippen molar-refractivity contribution in [1.82, 2.24) is 24.6 Å². The first kappa shape index (κ1) is 32.9. The Morgan fingerprint density at radius 2 is 1.85 bits per heavy atom. The number of allylic oxidation sites excluding steroid dienone is 1. The molecule has 0 spiro atoms. The second-order valence-electron chi connectivity index (χ2n) is 10.3. The van der Waals surface area contributed by atoms with E-state index in [4.69, 9.17) is 15.3 Å². The van der Waals surface area contributed by atoms with Gasteiger partial charge in [0.05, 0.1) is 0 Å². The molecular weight excluding hydrogens is 671 g/mol. The zero-order valence-corrected chi connectivity index (χ0v) is 27.9. The van der Waals surface area contributed by atoms with Crippen molar-refractivity contribution in [1.29, 1.82) is 0 Å². The number of fused-ring (bicyclic) bond motifs is 1. The van der Waals surface area contributed by atoms with E-state index in [0.717, 1.165) is 27.6 Å². The number of carbonyl (C=O) groups excluding carboxylic acids is 3. The lowest BCUT2D eigenvalue weighted by Crippen LogP contribution is -2.71. The van der Waals surface area contributed by atoms with Gasteiger partial charge in [-0.25, -0.2) is 4.79 Å². The van der Waals surface area contributed by atoms with Crippen molar-refractivity contribution >= 4 is 63.7 Å². The molecule has 4 aromatic rings. The summed E-state index contributed by atoms with van der Waals surface area (Å²) in [5, 5.41) is 8.01. The van der Waals surface area contributed by atoms with Crippen molar-refractivity contribution in [2.45, 2.75) is 29.3 Å². The van der Waals surface area contributed by atoms with Gasteiger partial charge in [0.25, 0.3) is 11.8 Å². The van der Waals surface area contributed by atoms with E-state index in [1.165, 1.54) is 28.4 Å². The van der Waals surface area contributed by atoms with E-state index in [9.17, 15) is 14.4 Å². The maximum atomic E-state index is 14.2. The Morgan fingerprint density at radius 1 is 1.12 bits per heavy atom. The van der Waals surface area contributed by atoms with Gasteiger partial charge in [0.15, 0.2) is 11.2 Å². The molecule has 0 aliphatic carbocycles. The molecule has 244 valence electrons. The van der Waals surface area contributed by atoms with Crippen LogP contribution in [0.2, 0.25) is 0 Å². The predicted molar refractivity (Wildman–Crippen MR) is 185 cm³/mol. The SMILES string of the molecule is CCO/N=C(\C(=O)NC1C(=O)N2C(C(=O)OC(c3ccccc3)c3ccccc3)=C(/C=C/Sc3cccnc3)CS[C@H]12)c1nsc(N)n1. The maximum absolute atomic E-state index is 14.2. The number of nitrogens with one attached hydrogen (secondary N) is 1. The molecule has 0 bridgehead atoms. The molecule has 2 atom stereocenters. The minimum Gasteiger partial charge on any atom is -0.448 e. The maximum Gasteiger partial charge on any atom is 0.356 e. The number of esters is 1. The molecule has 15 heteroatoms. The van der Waals surface area contributed by atoms with Crippen LogP contribution in [0.1, 0.15) is 30.0 Å². The van der Waals surface area contributed by atoms with Gasteiger partial charge in [-0.15, -0.1) is 11.8 Å². The van der Waals surface area contributed by atoms with E-state index in [2.05, 4.69) is 24.8 Å². The molecule has 2 aromatic carbocycles. The molecule has 1 fully saturated rings. The number of ether oxygens (including phenoxy) is 1. The number of pyridine rings is 1. The molecule has 2 amide bonds. The van der Waals surface area contributed by atoms with Crippen LogP contribution in [0, 0.1) is 0 Å². The van der Waals surface area contributed by atoms with Crippen LogP contribution in [-0.2, 0) is 24.0 Å². The van der Waals surface area contributed by atoms with Crippen molar-refractivity contribution < 1.29 is 24.0 Å². The second-order valence-corrected chi connectivity index (χ2v) is 13.1. The molecule has 6 rings (SSSR count). The van der Waals surface area contributed by atoms with Crippen LogP contribution in [0.25, 0.3) is 0 Å². The van der Waals surface area contributed by atoms with Crippen LogP contribution in [0.15, 0.2) is 118 Å². The summed E-state index contributed by atoms with van der Waals surface area (Å²) in [7, 11) is 0. The third-order valence-corrected chi connectivity index (χ3v) is 9.80. The van der Waals surface area contributed by atoms with Crippen molar-refractivity contribution in [3.05, 3.63) is 125 Å². The minimum atomic E-state index is -0.956. The summed E-state index contributed by atoms with van der Waals surface area (Å²) < 4.78 is 10.3. The number of nitrogens with two attached hydrogens (primary N) is 1. The van der Waals surface area contributed by atoms with E-state index in [1.807, 2.05) is 84.3 Å². The average Bonchev–Trinajstić information content (AvgIpc) is 3.56. The van der Waals surface area contributed by atoms with Crippen LogP contribution < -0.4 is 11.1 Å². The lowest BCUT2D eigenvalue weighted by Gasteiger charge is -2.49. The normalized spacial score (nSPS) is 17.7. The summed E-state index contributed by atoms with van der Waals surface area (Å²) in [6.45, 7) is 1.91. The predicted octanol–water partition coefficient (Wildman–Crippen LogP) is 4.55. The second kappa shape index (κ2) is 15.3. The van der Waals surface area contributed by atoms with Crippen molar-refractivity contribution in [3.63, 3.8) is 0 Å². The third kappa shape index (κ3) is 7.27. The highest BCUT2D eigenvalue weighted by Crippen LogP contribution is 2.42. The number of amides is 2. The first-order chi connectivity index (χ1) is 23.4. The zero-order valence-electron chi connectivity index (χ0n) is 25.5. The highest BCUT2D eigenvalue weighted by atomic mass is 32.2. The van der Waals surface area contributed by atoms with Gasteiger partial charge in [0.2, 0.25) is 11.5 Å². The van der Waals surface area contributed by atoms with E-state index in [-0.39, 0.29) is 29.0 Å². The van der Waals surface area contributed by atoms with Gasteiger partial charge in [0, 0.05) is 34.6 Å². The Morgan fingerprint density at radius 3 is 2.48 bits per heavy atom. The summed E-state index contributed by atoms with van der Waals surface area (Å²) in [6, 6.07) is 21.6. The van der Waals surface area contributed by atoms with Crippen molar-refractivity contribution in [3.8, 4) is 0 Å². The number of hydrogen-bond acceptors (Lipinski definition) is 13. The zero-order chi connectivity index (χ0) is 33.5. The topological polar surface area (TPSA) is 162 Å². The number of nitrogens with zero attached hydrogens (tertiary/aromatic N) is 5. The number of anilines is 1. The van der Waals surface area contributed by atoms with Crippen LogP contribution in [0.4, 0.5) is 5.13 Å². The van der Waals surface area contributed by atoms with E-state index in [1.54, 1.807) is 19.3 Å². The van der Waals surface area contributed by atoms with E-state index >= 15 is 0 Å². The number of hydrogen-bond donors (Lipinski definition) is 2. The Kier molecular flexibility index (Phi) is 10.5. The summed E-state index contributed by atoms with van der Waals surface area (Å²) in [4.78, 5) is 56.9. The number of oxime groups is 1. The van der Waals surface area contributed by atoms with Crippen LogP contribution in [-0.4, -0.2) is 66.5 Å². The number of nitrogen functional groups attached to an aromatic ring is 1. The lowest BCUT2D eigenvalue weighted by atomic mass is 10.0. The van der Waals surface area contributed by atoms with Gasteiger partial charge in [-0.3, -0.25) is 19.5 Å². The highest BCUT2D eigenvalue weighted by molar-refractivity contribution is 8.02. The molecular formula is C33H29N7O5S3. The molecule has 2 aromatic heterocycles. The first-order valence-electron chi connectivity index (χ1n) is 14.8. The largest absolute Gasteiger partial charge is 0.448 e. The van der Waals surface area contributed by atoms with E-state index < -0.39 is 35.3 Å². The molecule has 12 nitrogen and oxygen atoms in total. The number of aromatic nitrogens is 3. The molecule has 0 saturated carbocycles. The Hall–Kier alpha value is -4.99. The van der Waals surface area contributed by atoms with Gasteiger partial charge in [0.1, 0.15) is 23.7 Å². The summed E-state index contributed by atoms with van der Waals surface area (Å²) in [5.74, 6) is -1.49. The van der Waals surface area contributed by atoms with Gasteiger partial charge >= 0.3 is 5.97 Å². The molecule has 0 radical (unpaired) electrons. The molecule has 3 N–H and O–H groups in total. The molecule has 2 aliphatic heterocycles. The smallest absolute Gasteiger partial charge is 0.356 e. The first-order valence-corrected chi connectivity index (χ1v) is 17.5. The number of benzene rings is 2. The van der Waals surface area contributed by atoms with Crippen molar-refractivity contribution in [2.75, 3.05) is 18.1 Å². The molecule has 2 aliphatic rings. The number of carbonyl (C=O) groups is 3. The fourth-order valence-electron chi connectivity index (χ4n) is 4.97. The Labute approximate surface area is 288 Å². The molecule has 48 heavy (non-hydrogen) atoms. The monoisotopic (exact) mass is 699 g/mol. The molecule has 4 heterocycles. The molecule has 1 unspecified atom stereocenters. The summed E-state index contributed by atoms with van der Waals surface area (Å²) in [6.07, 6.45) is 4.51. The average molecular weight is 700 g/mol. The fourth-order valence-corrected chi connectivity index (χ4v) is 7.39. The minimum absolute atomic E-state index is 0.0149. The Balaban J connectivity index is 1.29. The highest BCUT2D eigenvalue weighted by Gasteiger charge is 2.54. The van der Waals surface area contributed by atoms with Crippen LogP contribution in [0.5, 0.6) is 0 Å². The van der Waals surface area contributed by atoms with Gasteiger partial charge < -0.3 is 20.6 Å². The van der Waals surface area contributed by atoms with Gasteiger partial charge in [-0.1, -0.05) is 77.6 Å². The summed E-state index contributed by atoms with van der Waals surface area (Å²) in [5.41, 5.74) is 7.79. The quantitative estimate of drug-likeness (QED) is 0.0702. The van der Waals surface area contributed by atoms with E-state index in [0.29, 0.717) is 11.3 Å². The number of rotatable bonds is 12. The fraction of sp³-hybridized carbons (Fsp3) is 0.182. The van der Waals surface area contributed by atoms with Crippen LogP contribution in [0.3, 0.4) is 0 Å². The number of thioether (sulfide) groups is 2. The summed E-state index contributed by atoms with van der Waals surface area (Å²) >= 11 is 3.75. The van der Waals surface area contributed by atoms with Crippen molar-refractivity contribution in [2.24, 2.45) is 5.16 Å². The van der Waals surface area contributed by atoms with Gasteiger partial charge in [-0.05, 0) is 47.2 Å². The Bertz CT molecular complexity index is 1830. The van der Waals surface area contributed by atoms with Gasteiger partial charge in [-0.2, -0.15) is 9.36 Å².